The molecule has 0 atom stereocenters. The molecule has 1 N–H and O–H groups in total. The number of pyridine rings is 1. The zero-order chi connectivity index (χ0) is 22.1. The van der Waals surface area contributed by atoms with Gasteiger partial charge in [0, 0.05) is 62.2 Å². The fourth-order valence-electron chi connectivity index (χ4n) is 4.88. The summed E-state index contributed by atoms with van der Waals surface area (Å²) in [5, 5.41) is 4.40. The highest BCUT2D eigenvalue weighted by Gasteiger charge is 2.26. The molecule has 0 aromatic carbocycles. The second-order valence-corrected chi connectivity index (χ2v) is 9.08. The molecule has 168 valence electrons. The topological polar surface area (TPSA) is 79.2 Å². The molecule has 1 saturated heterocycles. The van der Waals surface area contributed by atoms with Crippen LogP contribution in [0.25, 0.3) is 11.0 Å². The smallest absolute Gasteiger partial charge is 0.254 e. The number of anilines is 1. The van der Waals surface area contributed by atoms with Crippen LogP contribution in [0.1, 0.15) is 47.8 Å². The summed E-state index contributed by atoms with van der Waals surface area (Å²) >= 11 is 0. The van der Waals surface area contributed by atoms with Gasteiger partial charge < -0.3 is 19.7 Å². The molecule has 1 aliphatic heterocycles. The lowest BCUT2D eigenvalue weighted by atomic mass is 9.90. The zero-order valence-electron chi connectivity index (χ0n) is 18.9. The molecule has 1 amide bonds. The van der Waals surface area contributed by atoms with Gasteiger partial charge in [-0.1, -0.05) is 0 Å². The Labute approximate surface area is 188 Å². The van der Waals surface area contributed by atoms with Gasteiger partial charge in [-0.15, -0.1) is 0 Å². The van der Waals surface area contributed by atoms with Crippen molar-refractivity contribution >= 4 is 22.9 Å². The second kappa shape index (κ2) is 8.86. The number of hydrogen-bond donors (Lipinski definition) is 1. The van der Waals surface area contributed by atoms with Crippen molar-refractivity contribution in [2.45, 2.75) is 44.7 Å². The molecule has 0 spiro atoms. The lowest BCUT2D eigenvalue weighted by Gasteiger charge is -2.32. The molecular formula is C24H31N7O. The molecule has 4 heterocycles. The number of likely N-dealkylation sites (N-methyl/N-ethyl adjacent to an activating group) is 1. The highest BCUT2D eigenvalue weighted by Crippen LogP contribution is 2.31. The van der Waals surface area contributed by atoms with Crippen LogP contribution in [0.5, 0.6) is 0 Å². The van der Waals surface area contributed by atoms with Crippen LogP contribution >= 0.6 is 0 Å². The van der Waals surface area contributed by atoms with Crippen LogP contribution in [0.15, 0.2) is 36.8 Å². The third-order valence-corrected chi connectivity index (χ3v) is 6.90. The molecule has 2 fully saturated rings. The van der Waals surface area contributed by atoms with E-state index in [4.69, 9.17) is 0 Å². The van der Waals surface area contributed by atoms with E-state index in [1.54, 1.807) is 6.20 Å². The minimum Gasteiger partial charge on any atom is -0.349 e. The molecule has 5 rings (SSSR count). The van der Waals surface area contributed by atoms with Gasteiger partial charge in [0.15, 0.2) is 0 Å². The van der Waals surface area contributed by atoms with Crippen molar-refractivity contribution in [1.29, 1.82) is 0 Å². The summed E-state index contributed by atoms with van der Waals surface area (Å²) in [5.41, 5.74) is 2.36. The second-order valence-electron chi connectivity index (χ2n) is 9.08. The third-order valence-electron chi connectivity index (χ3n) is 6.90. The number of aromatic nitrogens is 4. The van der Waals surface area contributed by atoms with Crippen molar-refractivity contribution < 1.29 is 4.79 Å². The first-order chi connectivity index (χ1) is 15.6. The van der Waals surface area contributed by atoms with E-state index in [9.17, 15) is 4.79 Å². The molecule has 0 radical (unpaired) electrons. The van der Waals surface area contributed by atoms with Gasteiger partial charge in [0.25, 0.3) is 5.91 Å². The summed E-state index contributed by atoms with van der Waals surface area (Å²) in [5.74, 6) is 0.657. The molecular weight excluding hydrogens is 402 g/mol. The molecule has 0 bridgehead atoms. The monoisotopic (exact) mass is 433 g/mol. The van der Waals surface area contributed by atoms with Gasteiger partial charge in [-0.05, 0) is 57.9 Å². The summed E-state index contributed by atoms with van der Waals surface area (Å²) in [4.78, 5) is 31.1. The van der Waals surface area contributed by atoms with E-state index < -0.39 is 0 Å². The lowest BCUT2D eigenvalue weighted by Crippen LogP contribution is -2.45. The number of nitrogens with zero attached hydrogens (tertiary/aromatic N) is 6. The molecule has 1 aliphatic carbocycles. The van der Waals surface area contributed by atoms with E-state index in [1.807, 2.05) is 19.2 Å². The first-order valence-electron chi connectivity index (χ1n) is 11.6. The Morgan fingerprint density at radius 1 is 1.06 bits per heavy atom. The predicted molar refractivity (Wildman–Crippen MR) is 125 cm³/mol. The third kappa shape index (κ3) is 4.19. The van der Waals surface area contributed by atoms with Crippen LogP contribution in [0.2, 0.25) is 0 Å². The molecule has 2 aliphatic rings. The first-order valence-corrected chi connectivity index (χ1v) is 11.6. The first kappa shape index (κ1) is 20.9. The van der Waals surface area contributed by atoms with Gasteiger partial charge in [0.05, 0.1) is 11.3 Å². The number of piperazine rings is 1. The number of carbonyl (C=O) groups is 1. The molecule has 3 aromatic heterocycles. The minimum atomic E-state index is -0.0658. The lowest BCUT2D eigenvalue weighted by molar-refractivity contribution is 0.0921. The number of rotatable bonds is 4. The summed E-state index contributed by atoms with van der Waals surface area (Å²) in [6, 6.07) is 6.82. The highest BCUT2D eigenvalue weighted by atomic mass is 16.1. The van der Waals surface area contributed by atoms with Crippen molar-refractivity contribution in [3.8, 4) is 0 Å². The van der Waals surface area contributed by atoms with Gasteiger partial charge >= 0.3 is 0 Å². The Morgan fingerprint density at radius 3 is 2.59 bits per heavy atom. The SMILES string of the molecule is Cc1nc(N2CCN(C)CC2)ncc1C(=O)NC1CCC(n2ccc3cccnc32)CC1. The Bertz CT molecular complexity index is 1090. The van der Waals surface area contributed by atoms with E-state index in [1.165, 1.54) is 5.39 Å². The van der Waals surface area contributed by atoms with E-state index in [-0.39, 0.29) is 11.9 Å². The van der Waals surface area contributed by atoms with Crippen molar-refractivity contribution in [3.63, 3.8) is 0 Å². The van der Waals surface area contributed by atoms with Gasteiger partial charge in [-0.3, -0.25) is 4.79 Å². The molecule has 1 saturated carbocycles. The molecule has 8 heteroatoms. The number of fused-ring (bicyclic) bond motifs is 1. The fourth-order valence-corrected chi connectivity index (χ4v) is 4.88. The molecule has 32 heavy (non-hydrogen) atoms. The van der Waals surface area contributed by atoms with Crippen molar-refractivity contribution in [2.24, 2.45) is 0 Å². The van der Waals surface area contributed by atoms with Crippen LogP contribution in [0.3, 0.4) is 0 Å². The van der Waals surface area contributed by atoms with Gasteiger partial charge in [-0.2, -0.15) is 0 Å². The van der Waals surface area contributed by atoms with Crippen LogP contribution in [-0.4, -0.2) is 69.6 Å². The van der Waals surface area contributed by atoms with Crippen molar-refractivity contribution in [3.05, 3.63) is 48.0 Å². The van der Waals surface area contributed by atoms with E-state index >= 15 is 0 Å². The van der Waals surface area contributed by atoms with E-state index in [0.29, 0.717) is 11.6 Å². The Morgan fingerprint density at radius 2 is 1.84 bits per heavy atom. The molecule has 3 aromatic rings. The van der Waals surface area contributed by atoms with Gasteiger partial charge in [0.1, 0.15) is 5.65 Å². The van der Waals surface area contributed by atoms with E-state index in [0.717, 1.165) is 69.2 Å². The quantitative estimate of drug-likeness (QED) is 0.682. The summed E-state index contributed by atoms with van der Waals surface area (Å²) in [6.07, 6.45) is 9.67. The maximum absolute atomic E-state index is 12.9. The predicted octanol–water partition coefficient (Wildman–Crippen LogP) is 2.80. The zero-order valence-corrected chi connectivity index (χ0v) is 18.9. The Kier molecular flexibility index (Phi) is 5.78. The Balaban J connectivity index is 1.19. The number of nitrogens with one attached hydrogen (secondary N) is 1. The van der Waals surface area contributed by atoms with Gasteiger partial charge in [-0.25, -0.2) is 15.0 Å². The standard InChI is InChI=1S/C24H31N7O/c1-17-21(16-26-24(27-17)30-14-12-29(2)13-15-30)23(32)28-19-5-7-20(8-6-19)31-11-9-18-4-3-10-25-22(18)31/h3-4,9-11,16,19-20H,5-8,12-15H2,1-2H3,(H,28,32). The minimum absolute atomic E-state index is 0.0658. The van der Waals surface area contributed by atoms with Crippen LogP contribution < -0.4 is 10.2 Å². The summed E-state index contributed by atoms with van der Waals surface area (Å²) < 4.78 is 2.29. The molecule has 8 nitrogen and oxygen atoms in total. The summed E-state index contributed by atoms with van der Waals surface area (Å²) in [6.45, 7) is 5.73. The highest BCUT2D eigenvalue weighted by molar-refractivity contribution is 5.95. The number of amides is 1. The Hall–Kier alpha value is -3.00. The number of aryl methyl sites for hydroxylation is 1. The van der Waals surface area contributed by atoms with Crippen molar-refractivity contribution in [2.75, 3.05) is 38.1 Å². The van der Waals surface area contributed by atoms with Crippen LogP contribution in [-0.2, 0) is 0 Å². The number of carbonyl (C=O) groups excluding carboxylic acids is 1. The fraction of sp³-hybridized carbons (Fsp3) is 0.500. The summed E-state index contributed by atoms with van der Waals surface area (Å²) in [7, 11) is 2.13. The van der Waals surface area contributed by atoms with E-state index in [2.05, 4.69) is 60.0 Å². The maximum atomic E-state index is 12.9. The normalized spacial score (nSPS) is 22.2. The van der Waals surface area contributed by atoms with Crippen molar-refractivity contribution in [1.82, 2.24) is 29.7 Å². The average molecular weight is 434 g/mol. The largest absolute Gasteiger partial charge is 0.349 e. The number of hydrogen-bond acceptors (Lipinski definition) is 6. The van der Waals surface area contributed by atoms with Gasteiger partial charge in [0.2, 0.25) is 5.95 Å². The van der Waals surface area contributed by atoms with Crippen LogP contribution in [0, 0.1) is 6.92 Å². The maximum Gasteiger partial charge on any atom is 0.254 e. The van der Waals surface area contributed by atoms with Crippen LogP contribution in [0.4, 0.5) is 5.95 Å². The molecule has 0 unspecified atom stereocenters. The average Bonchev–Trinajstić information content (AvgIpc) is 3.24.